The summed E-state index contributed by atoms with van der Waals surface area (Å²) >= 11 is 3.54. The van der Waals surface area contributed by atoms with Gasteiger partial charge in [-0.05, 0) is 18.4 Å². The molecule has 130 valence electrons. The van der Waals surface area contributed by atoms with Crippen LogP contribution in [0.2, 0.25) is 0 Å². The Morgan fingerprint density at radius 3 is 2.46 bits per heavy atom. The number of nitrogens with zero attached hydrogens (tertiary/aromatic N) is 1. The molecule has 26 heavy (non-hydrogen) atoms. The van der Waals surface area contributed by atoms with E-state index >= 15 is 0 Å². The predicted molar refractivity (Wildman–Crippen MR) is 111 cm³/mol. The number of thiazole rings is 1. The van der Waals surface area contributed by atoms with Crippen molar-refractivity contribution in [2.45, 2.75) is 19.5 Å². The third-order valence-electron chi connectivity index (χ3n) is 4.42. The van der Waals surface area contributed by atoms with Crippen LogP contribution in [0.1, 0.15) is 27.7 Å². The molecular weight excluding hydrogens is 356 g/mol. The van der Waals surface area contributed by atoms with Crippen molar-refractivity contribution in [2.75, 3.05) is 0 Å². The van der Waals surface area contributed by atoms with E-state index in [-0.39, 0.29) is 0 Å². The first kappa shape index (κ1) is 17.2. The van der Waals surface area contributed by atoms with Crippen molar-refractivity contribution in [3.8, 4) is 10.6 Å². The van der Waals surface area contributed by atoms with Crippen molar-refractivity contribution in [1.29, 1.82) is 0 Å². The summed E-state index contributed by atoms with van der Waals surface area (Å²) in [6.07, 6.45) is 0. The molecular formula is C22H21N2S2+. The molecule has 4 heteroatoms. The fraction of sp³-hybridized carbons (Fsp3) is 0.136. The van der Waals surface area contributed by atoms with Crippen molar-refractivity contribution in [3.05, 3.63) is 99.2 Å². The molecule has 0 saturated carbocycles. The van der Waals surface area contributed by atoms with Gasteiger partial charge in [0.2, 0.25) is 0 Å². The molecule has 2 N–H and O–H groups in total. The van der Waals surface area contributed by atoms with Crippen molar-refractivity contribution in [1.82, 2.24) is 4.98 Å². The Labute approximate surface area is 162 Å². The van der Waals surface area contributed by atoms with E-state index in [4.69, 9.17) is 4.98 Å². The molecule has 0 fully saturated rings. The van der Waals surface area contributed by atoms with Crippen LogP contribution in [0, 0.1) is 6.92 Å². The second-order valence-corrected chi connectivity index (χ2v) is 8.19. The van der Waals surface area contributed by atoms with Gasteiger partial charge < -0.3 is 5.32 Å². The highest BCUT2D eigenvalue weighted by molar-refractivity contribution is 7.13. The van der Waals surface area contributed by atoms with Crippen molar-refractivity contribution >= 4 is 22.7 Å². The standard InChI is InChI=1S/C22H20N2S2/c1-16-9-11-17(12-10-16)21(20-8-5-13-25-20)23-14-19-15-26-22(24-19)18-6-3-2-4-7-18/h2-13,15,21,23H,14H2,1H3/p+1/t21-/m1/s1. The zero-order valence-corrected chi connectivity index (χ0v) is 16.3. The van der Waals surface area contributed by atoms with Crippen molar-refractivity contribution < 1.29 is 5.32 Å². The van der Waals surface area contributed by atoms with Gasteiger partial charge in [0.25, 0.3) is 0 Å². The molecule has 2 aromatic heterocycles. The fourth-order valence-electron chi connectivity index (χ4n) is 3.01. The van der Waals surface area contributed by atoms with Gasteiger partial charge in [-0.2, -0.15) is 0 Å². The molecule has 0 saturated heterocycles. The van der Waals surface area contributed by atoms with Crippen LogP contribution in [0.4, 0.5) is 0 Å². The fourth-order valence-corrected chi connectivity index (χ4v) is 4.70. The number of hydrogen-bond acceptors (Lipinski definition) is 3. The molecule has 4 aromatic rings. The Kier molecular flexibility index (Phi) is 5.25. The van der Waals surface area contributed by atoms with E-state index in [1.54, 1.807) is 11.3 Å². The maximum Gasteiger partial charge on any atom is 0.147 e. The van der Waals surface area contributed by atoms with E-state index in [9.17, 15) is 0 Å². The summed E-state index contributed by atoms with van der Waals surface area (Å²) in [6.45, 7) is 3.01. The van der Waals surface area contributed by atoms with Crippen LogP contribution >= 0.6 is 22.7 Å². The average molecular weight is 378 g/mol. The third-order valence-corrected chi connectivity index (χ3v) is 6.32. The molecule has 4 rings (SSSR count). The topological polar surface area (TPSA) is 29.5 Å². The van der Waals surface area contributed by atoms with Gasteiger partial charge in [0.1, 0.15) is 23.3 Å². The van der Waals surface area contributed by atoms with Gasteiger partial charge in [-0.25, -0.2) is 4.98 Å². The van der Waals surface area contributed by atoms with Gasteiger partial charge in [0, 0.05) is 16.5 Å². The summed E-state index contributed by atoms with van der Waals surface area (Å²) in [4.78, 5) is 6.21. The quantitative estimate of drug-likeness (QED) is 0.501. The summed E-state index contributed by atoms with van der Waals surface area (Å²) in [5.74, 6) is 0. The Balaban J connectivity index is 1.52. The summed E-state index contributed by atoms with van der Waals surface area (Å²) < 4.78 is 0. The Hall–Kier alpha value is -2.27. The van der Waals surface area contributed by atoms with Crippen molar-refractivity contribution in [2.24, 2.45) is 0 Å². The number of benzene rings is 2. The van der Waals surface area contributed by atoms with Gasteiger partial charge in [-0.1, -0.05) is 66.2 Å². The third kappa shape index (κ3) is 3.93. The van der Waals surface area contributed by atoms with E-state index in [2.05, 4.69) is 83.7 Å². The van der Waals surface area contributed by atoms with Crippen LogP contribution in [0.5, 0.6) is 0 Å². The zero-order chi connectivity index (χ0) is 17.8. The smallest absolute Gasteiger partial charge is 0.147 e. The number of hydrogen-bond donors (Lipinski definition) is 1. The van der Waals surface area contributed by atoms with E-state index in [0.717, 1.165) is 17.2 Å². The number of aryl methyl sites for hydroxylation is 1. The van der Waals surface area contributed by atoms with Crippen molar-refractivity contribution in [3.63, 3.8) is 0 Å². The summed E-state index contributed by atoms with van der Waals surface area (Å²) in [5, 5.41) is 7.82. The van der Waals surface area contributed by atoms with Crippen LogP contribution in [0.15, 0.2) is 77.5 Å². The molecule has 0 spiro atoms. The van der Waals surface area contributed by atoms with Gasteiger partial charge in [0.05, 0.1) is 4.88 Å². The van der Waals surface area contributed by atoms with Gasteiger partial charge in [-0.15, -0.1) is 22.7 Å². The molecule has 0 amide bonds. The average Bonchev–Trinajstić information content (AvgIpc) is 3.36. The van der Waals surface area contributed by atoms with Gasteiger partial charge in [0.15, 0.2) is 0 Å². The van der Waals surface area contributed by atoms with E-state index in [1.165, 1.54) is 21.6 Å². The highest BCUT2D eigenvalue weighted by Gasteiger charge is 2.19. The monoisotopic (exact) mass is 377 g/mol. The summed E-state index contributed by atoms with van der Waals surface area (Å²) in [5.41, 5.74) is 4.97. The minimum atomic E-state index is 0.317. The number of rotatable bonds is 6. The lowest BCUT2D eigenvalue weighted by Gasteiger charge is -2.14. The molecule has 2 aromatic carbocycles. The summed E-state index contributed by atoms with van der Waals surface area (Å²) in [7, 11) is 0. The first-order chi connectivity index (χ1) is 12.8. The minimum absolute atomic E-state index is 0.317. The largest absolute Gasteiger partial charge is 0.331 e. The number of quaternary nitrogens is 1. The molecule has 0 aliphatic carbocycles. The highest BCUT2D eigenvalue weighted by Crippen LogP contribution is 2.25. The van der Waals surface area contributed by atoms with E-state index in [0.29, 0.717) is 6.04 Å². The van der Waals surface area contributed by atoms with Crippen LogP contribution in [-0.4, -0.2) is 4.98 Å². The Bertz CT molecular complexity index is 942. The van der Waals surface area contributed by atoms with Crippen LogP contribution in [-0.2, 0) is 6.54 Å². The minimum Gasteiger partial charge on any atom is -0.331 e. The lowest BCUT2D eigenvalue weighted by molar-refractivity contribution is -0.702. The predicted octanol–water partition coefficient (Wildman–Crippen LogP) is 5.03. The Morgan fingerprint density at radius 1 is 0.923 bits per heavy atom. The molecule has 0 unspecified atom stereocenters. The molecule has 0 aliphatic heterocycles. The van der Waals surface area contributed by atoms with Crippen LogP contribution in [0.3, 0.4) is 0 Å². The number of nitrogens with two attached hydrogens (primary N) is 1. The number of aromatic nitrogens is 1. The maximum atomic E-state index is 4.83. The lowest BCUT2D eigenvalue weighted by Crippen LogP contribution is -2.83. The lowest BCUT2D eigenvalue weighted by atomic mass is 10.0. The molecule has 0 radical (unpaired) electrons. The molecule has 0 aliphatic rings. The normalized spacial score (nSPS) is 12.2. The van der Waals surface area contributed by atoms with Crippen LogP contribution < -0.4 is 5.32 Å². The van der Waals surface area contributed by atoms with Gasteiger partial charge >= 0.3 is 0 Å². The SMILES string of the molecule is Cc1ccc([C@@H]([NH2+]Cc2csc(-c3ccccc3)n2)c2cccs2)cc1. The Morgan fingerprint density at radius 2 is 1.73 bits per heavy atom. The second kappa shape index (κ2) is 7.96. The second-order valence-electron chi connectivity index (χ2n) is 6.35. The first-order valence-corrected chi connectivity index (χ1v) is 10.5. The van der Waals surface area contributed by atoms with Crippen LogP contribution in [0.25, 0.3) is 10.6 Å². The van der Waals surface area contributed by atoms with Gasteiger partial charge in [-0.3, -0.25) is 0 Å². The molecule has 1 atom stereocenters. The van der Waals surface area contributed by atoms with E-state index in [1.807, 2.05) is 17.4 Å². The molecule has 0 bridgehead atoms. The number of thiophene rings is 1. The zero-order valence-electron chi connectivity index (χ0n) is 14.6. The van der Waals surface area contributed by atoms with E-state index < -0.39 is 0 Å². The molecule has 2 heterocycles. The molecule has 2 nitrogen and oxygen atoms in total. The highest BCUT2D eigenvalue weighted by atomic mass is 32.1. The maximum absolute atomic E-state index is 4.83. The summed E-state index contributed by atoms with van der Waals surface area (Å²) in [6, 6.07) is 23.9. The first-order valence-electron chi connectivity index (χ1n) is 8.73.